The van der Waals surface area contributed by atoms with Gasteiger partial charge in [0.15, 0.2) is 11.6 Å². The summed E-state index contributed by atoms with van der Waals surface area (Å²) in [5, 5.41) is 19.8. The summed E-state index contributed by atoms with van der Waals surface area (Å²) in [6.45, 7) is 3.59. The number of hydrogen-bond donors (Lipinski definition) is 2. The zero-order valence-corrected chi connectivity index (χ0v) is 17.6. The Morgan fingerprint density at radius 3 is 1.28 bits per heavy atom. The second-order valence-electron chi connectivity index (χ2n) is 8.12. The van der Waals surface area contributed by atoms with Gasteiger partial charge in [-0.15, -0.1) is 0 Å². The van der Waals surface area contributed by atoms with Gasteiger partial charge in [-0.25, -0.2) is 0 Å². The van der Waals surface area contributed by atoms with Crippen LogP contribution in [0.5, 0.6) is 11.5 Å². The zero-order chi connectivity index (χ0) is 22.6. The molecule has 0 atom stereocenters. The maximum atomic E-state index is 13.7. The molecular weight excluding hydrogens is 400 g/mol. The van der Waals surface area contributed by atoms with Crippen molar-refractivity contribution in [1.82, 2.24) is 0 Å². The molecule has 1 aliphatic rings. The fourth-order valence-electron chi connectivity index (χ4n) is 4.37. The minimum Gasteiger partial charge on any atom is -0.508 e. The lowest BCUT2D eigenvalue weighted by molar-refractivity contribution is 0.0980. The third-order valence-corrected chi connectivity index (χ3v) is 6.09. The van der Waals surface area contributed by atoms with Crippen LogP contribution in [0.15, 0.2) is 72.8 Å². The lowest BCUT2D eigenvalue weighted by Crippen LogP contribution is -2.22. The molecule has 0 radical (unpaired) electrons. The lowest BCUT2D eigenvalue weighted by atomic mass is 9.77. The van der Waals surface area contributed by atoms with E-state index in [0.717, 1.165) is 11.1 Å². The van der Waals surface area contributed by atoms with Crippen LogP contribution in [0.25, 0.3) is 22.3 Å². The summed E-state index contributed by atoms with van der Waals surface area (Å²) in [5.41, 5.74) is 5.77. The van der Waals surface area contributed by atoms with Crippen LogP contribution in [0.1, 0.15) is 43.0 Å². The Balaban J connectivity index is 1.73. The molecule has 0 unspecified atom stereocenters. The van der Waals surface area contributed by atoms with Gasteiger partial charge in [-0.1, -0.05) is 48.5 Å². The van der Waals surface area contributed by atoms with Crippen molar-refractivity contribution in [3.8, 4) is 33.8 Å². The van der Waals surface area contributed by atoms with E-state index in [1.165, 1.54) is 0 Å². The highest BCUT2D eigenvalue weighted by atomic mass is 16.3. The van der Waals surface area contributed by atoms with Crippen LogP contribution in [-0.2, 0) is 0 Å². The second-order valence-corrected chi connectivity index (χ2v) is 8.12. The average Bonchev–Trinajstić information content (AvgIpc) is 2.80. The first kappa shape index (κ1) is 19.8. The minimum atomic E-state index is -0.201. The number of phenolic OH excluding ortho intramolecular Hbond substituents is 2. The van der Waals surface area contributed by atoms with Gasteiger partial charge in [-0.3, -0.25) is 9.59 Å². The van der Waals surface area contributed by atoms with Gasteiger partial charge < -0.3 is 10.2 Å². The second kappa shape index (κ2) is 7.20. The van der Waals surface area contributed by atoms with Gasteiger partial charge in [0.25, 0.3) is 0 Å². The SMILES string of the molecule is Cc1cc(-c2cccc3c2C(=O)c2cccc(-c4ccc(O)c(C)c4)c2C3=O)ccc1O. The van der Waals surface area contributed by atoms with E-state index in [4.69, 9.17) is 0 Å². The summed E-state index contributed by atoms with van der Waals surface area (Å²) in [6.07, 6.45) is 0. The molecular formula is C28H20O4. The zero-order valence-electron chi connectivity index (χ0n) is 17.6. The molecule has 4 heteroatoms. The van der Waals surface area contributed by atoms with E-state index < -0.39 is 0 Å². The normalized spacial score (nSPS) is 12.4. The van der Waals surface area contributed by atoms with Crippen LogP contribution < -0.4 is 0 Å². The Morgan fingerprint density at radius 2 is 0.906 bits per heavy atom. The van der Waals surface area contributed by atoms with Crippen molar-refractivity contribution < 1.29 is 19.8 Å². The number of aryl methyl sites for hydroxylation is 2. The van der Waals surface area contributed by atoms with Crippen LogP contribution in [0.2, 0.25) is 0 Å². The highest BCUT2D eigenvalue weighted by Crippen LogP contribution is 2.39. The largest absolute Gasteiger partial charge is 0.508 e. The van der Waals surface area contributed by atoms with Crippen molar-refractivity contribution in [2.45, 2.75) is 13.8 Å². The van der Waals surface area contributed by atoms with E-state index in [1.807, 2.05) is 24.3 Å². The molecule has 1 aliphatic carbocycles. The van der Waals surface area contributed by atoms with Gasteiger partial charge in [-0.2, -0.15) is 0 Å². The standard InChI is InChI=1S/C28H20O4/c1-15-13-17(9-11-23(15)29)19-5-3-7-21-25(19)27(31)22-8-4-6-20(26(22)28(21)32)18-10-12-24(30)16(2)14-18/h3-14,29-30H,1-2H3. The molecule has 0 heterocycles. The maximum Gasteiger partial charge on any atom is 0.195 e. The number of ketones is 2. The quantitative estimate of drug-likeness (QED) is 0.377. The van der Waals surface area contributed by atoms with Crippen molar-refractivity contribution in [3.63, 3.8) is 0 Å². The van der Waals surface area contributed by atoms with E-state index in [9.17, 15) is 19.8 Å². The first-order valence-electron chi connectivity index (χ1n) is 10.3. The molecule has 0 aliphatic heterocycles. The molecule has 4 aromatic carbocycles. The summed E-state index contributed by atoms with van der Waals surface area (Å²) >= 11 is 0. The number of rotatable bonds is 2. The lowest BCUT2D eigenvalue weighted by Gasteiger charge is -2.23. The molecule has 2 N–H and O–H groups in total. The number of benzene rings is 4. The maximum absolute atomic E-state index is 13.7. The van der Waals surface area contributed by atoms with Gasteiger partial charge in [0.1, 0.15) is 11.5 Å². The van der Waals surface area contributed by atoms with Crippen molar-refractivity contribution in [2.24, 2.45) is 0 Å². The Kier molecular flexibility index (Phi) is 4.45. The Bertz CT molecular complexity index is 1340. The van der Waals surface area contributed by atoms with Crippen LogP contribution in [-0.4, -0.2) is 21.8 Å². The summed E-state index contributed by atoms with van der Waals surface area (Å²) in [6, 6.07) is 20.9. The van der Waals surface area contributed by atoms with Gasteiger partial charge in [0.2, 0.25) is 0 Å². The molecule has 4 aromatic rings. The molecule has 0 aromatic heterocycles. The molecule has 0 spiro atoms. The van der Waals surface area contributed by atoms with Gasteiger partial charge in [-0.05, 0) is 71.5 Å². The van der Waals surface area contributed by atoms with E-state index in [1.54, 1.807) is 62.4 Å². The minimum absolute atomic E-state index is 0.181. The topological polar surface area (TPSA) is 74.6 Å². The smallest absolute Gasteiger partial charge is 0.195 e. The number of carbonyl (C=O) groups is 2. The number of aromatic hydroxyl groups is 2. The van der Waals surface area contributed by atoms with Crippen molar-refractivity contribution in [1.29, 1.82) is 0 Å². The van der Waals surface area contributed by atoms with Gasteiger partial charge in [0.05, 0.1) is 0 Å². The Hall–Kier alpha value is -4.18. The molecule has 156 valence electrons. The van der Waals surface area contributed by atoms with Crippen LogP contribution in [0, 0.1) is 13.8 Å². The fraction of sp³-hybridized carbons (Fsp3) is 0.0714. The fourth-order valence-corrected chi connectivity index (χ4v) is 4.37. The van der Waals surface area contributed by atoms with Crippen molar-refractivity contribution in [2.75, 3.05) is 0 Å². The molecule has 5 rings (SSSR count). The van der Waals surface area contributed by atoms with E-state index in [0.29, 0.717) is 44.5 Å². The van der Waals surface area contributed by atoms with Crippen molar-refractivity contribution in [3.05, 3.63) is 106 Å². The average molecular weight is 420 g/mol. The van der Waals surface area contributed by atoms with E-state index >= 15 is 0 Å². The Labute approximate surface area is 185 Å². The first-order chi connectivity index (χ1) is 15.4. The summed E-state index contributed by atoms with van der Waals surface area (Å²) in [5.74, 6) is -0.0400. The van der Waals surface area contributed by atoms with Gasteiger partial charge in [0, 0.05) is 22.3 Å². The Morgan fingerprint density at radius 1 is 0.531 bits per heavy atom. The number of phenols is 2. The third kappa shape index (κ3) is 2.92. The predicted octanol–water partition coefficient (Wildman–Crippen LogP) is 5.82. The highest BCUT2D eigenvalue weighted by Gasteiger charge is 2.33. The molecule has 0 saturated carbocycles. The molecule has 32 heavy (non-hydrogen) atoms. The van der Waals surface area contributed by atoms with Gasteiger partial charge >= 0.3 is 0 Å². The molecule has 0 saturated heterocycles. The highest BCUT2D eigenvalue weighted by molar-refractivity contribution is 6.32. The van der Waals surface area contributed by atoms with Crippen molar-refractivity contribution >= 4 is 11.6 Å². The monoisotopic (exact) mass is 420 g/mol. The van der Waals surface area contributed by atoms with E-state index in [2.05, 4.69) is 0 Å². The number of fused-ring (bicyclic) bond motifs is 2. The van der Waals surface area contributed by atoms with Crippen LogP contribution in [0.3, 0.4) is 0 Å². The summed E-state index contributed by atoms with van der Waals surface area (Å²) in [4.78, 5) is 27.3. The number of carbonyl (C=O) groups excluding carboxylic acids is 2. The molecule has 0 fully saturated rings. The number of hydrogen-bond acceptors (Lipinski definition) is 4. The third-order valence-electron chi connectivity index (χ3n) is 6.09. The first-order valence-corrected chi connectivity index (χ1v) is 10.3. The molecule has 0 amide bonds. The van der Waals surface area contributed by atoms with Crippen LogP contribution >= 0.6 is 0 Å². The van der Waals surface area contributed by atoms with E-state index in [-0.39, 0.29) is 23.1 Å². The molecule has 0 bridgehead atoms. The summed E-state index contributed by atoms with van der Waals surface area (Å²) < 4.78 is 0. The summed E-state index contributed by atoms with van der Waals surface area (Å²) in [7, 11) is 0. The predicted molar refractivity (Wildman–Crippen MR) is 123 cm³/mol. The van der Waals surface area contributed by atoms with Crippen LogP contribution in [0.4, 0.5) is 0 Å². The molecule has 4 nitrogen and oxygen atoms in total.